The number of methoxy groups -OCH3 is 3. The van der Waals surface area contributed by atoms with Crippen molar-refractivity contribution in [3.63, 3.8) is 0 Å². The molecule has 2 aliphatic rings. The average molecular weight is 393 g/mol. The second-order valence-electron chi connectivity index (χ2n) is 6.83. The van der Waals surface area contributed by atoms with Gasteiger partial charge in [-0.1, -0.05) is 0 Å². The maximum Gasteiger partial charge on any atom is 0.194 e. The van der Waals surface area contributed by atoms with Gasteiger partial charge in [0.2, 0.25) is 0 Å². The van der Waals surface area contributed by atoms with Crippen molar-refractivity contribution < 1.29 is 23.7 Å². The highest BCUT2D eigenvalue weighted by atomic mass is 16.5. The Bertz CT molecular complexity index is 676. The number of hydrogen-bond donors (Lipinski definition) is 1. The molecule has 3 rings (SSSR count). The van der Waals surface area contributed by atoms with Gasteiger partial charge in [0.05, 0.1) is 34.0 Å². The minimum absolute atomic E-state index is 0.0883. The van der Waals surface area contributed by atoms with Gasteiger partial charge in [-0.05, 0) is 18.9 Å². The molecule has 1 N–H and O–H groups in total. The Labute approximate surface area is 166 Å². The van der Waals surface area contributed by atoms with Crippen LogP contribution in [0.1, 0.15) is 18.4 Å². The van der Waals surface area contributed by atoms with Crippen LogP contribution in [0.15, 0.2) is 17.1 Å². The van der Waals surface area contributed by atoms with Crippen LogP contribution in [0.3, 0.4) is 0 Å². The predicted octanol–water partition coefficient (Wildman–Crippen LogP) is 1.67. The smallest absolute Gasteiger partial charge is 0.194 e. The van der Waals surface area contributed by atoms with E-state index in [4.69, 9.17) is 23.7 Å². The first kappa shape index (κ1) is 20.5. The minimum Gasteiger partial charge on any atom is -0.496 e. The summed E-state index contributed by atoms with van der Waals surface area (Å²) in [6, 6.07) is 3.76. The highest BCUT2D eigenvalue weighted by molar-refractivity contribution is 5.80. The molecule has 0 amide bonds. The van der Waals surface area contributed by atoms with Crippen molar-refractivity contribution in [2.45, 2.75) is 31.6 Å². The van der Waals surface area contributed by atoms with Crippen LogP contribution in [0.5, 0.6) is 17.2 Å². The van der Waals surface area contributed by atoms with Crippen LogP contribution in [0.4, 0.5) is 0 Å². The second kappa shape index (κ2) is 9.84. The zero-order valence-corrected chi connectivity index (χ0v) is 17.2. The summed E-state index contributed by atoms with van der Waals surface area (Å²) in [5, 5.41) is 3.43. The largest absolute Gasteiger partial charge is 0.496 e. The second-order valence-corrected chi connectivity index (χ2v) is 6.83. The lowest BCUT2D eigenvalue weighted by molar-refractivity contribution is -0.0817. The molecule has 28 heavy (non-hydrogen) atoms. The molecule has 0 aliphatic carbocycles. The lowest BCUT2D eigenvalue weighted by Crippen LogP contribution is -2.53. The van der Waals surface area contributed by atoms with Gasteiger partial charge in [0.15, 0.2) is 17.5 Å². The fourth-order valence-corrected chi connectivity index (χ4v) is 3.73. The number of benzene rings is 1. The monoisotopic (exact) mass is 393 g/mol. The van der Waals surface area contributed by atoms with Gasteiger partial charge in [0.1, 0.15) is 11.9 Å². The summed E-state index contributed by atoms with van der Waals surface area (Å²) in [5.41, 5.74) is 0.963. The Morgan fingerprint density at radius 1 is 1.07 bits per heavy atom. The first-order valence-electron chi connectivity index (χ1n) is 9.67. The van der Waals surface area contributed by atoms with Crippen molar-refractivity contribution in [3.05, 3.63) is 17.7 Å². The van der Waals surface area contributed by atoms with Crippen LogP contribution in [0, 0.1) is 0 Å². The van der Waals surface area contributed by atoms with Crippen molar-refractivity contribution in [3.8, 4) is 17.2 Å². The molecule has 156 valence electrons. The van der Waals surface area contributed by atoms with Gasteiger partial charge in [0.25, 0.3) is 0 Å². The Morgan fingerprint density at radius 3 is 2.43 bits per heavy atom. The van der Waals surface area contributed by atoms with Crippen LogP contribution < -0.4 is 19.5 Å². The number of morpholine rings is 1. The van der Waals surface area contributed by atoms with Gasteiger partial charge < -0.3 is 33.9 Å². The van der Waals surface area contributed by atoms with E-state index in [1.165, 1.54) is 0 Å². The molecule has 0 aromatic heterocycles. The quantitative estimate of drug-likeness (QED) is 0.582. The zero-order chi connectivity index (χ0) is 19.9. The maximum atomic E-state index is 5.94. The third-order valence-electron chi connectivity index (χ3n) is 5.21. The van der Waals surface area contributed by atoms with Gasteiger partial charge in [-0.2, -0.15) is 0 Å². The molecule has 1 aromatic rings. The summed E-state index contributed by atoms with van der Waals surface area (Å²) < 4.78 is 28.0. The summed E-state index contributed by atoms with van der Waals surface area (Å²) in [6.45, 7) is 3.62. The Balaban J connectivity index is 1.66. The molecule has 2 atom stereocenters. The molecule has 2 fully saturated rings. The average Bonchev–Trinajstić information content (AvgIpc) is 3.29. The highest BCUT2D eigenvalue weighted by Crippen LogP contribution is 2.34. The number of rotatable bonds is 6. The van der Waals surface area contributed by atoms with Gasteiger partial charge in [-0.3, -0.25) is 4.99 Å². The van der Waals surface area contributed by atoms with E-state index in [1.54, 1.807) is 28.4 Å². The normalized spacial score (nSPS) is 22.9. The number of aliphatic imine (C=N–C) groups is 1. The van der Waals surface area contributed by atoms with E-state index in [0.29, 0.717) is 24.7 Å². The molecular formula is C20H31N3O5. The van der Waals surface area contributed by atoms with Gasteiger partial charge in [-0.15, -0.1) is 0 Å². The van der Waals surface area contributed by atoms with Crippen LogP contribution in [0.25, 0.3) is 0 Å². The molecule has 0 spiro atoms. The standard InChI is InChI=1S/C20H31N3O5/c1-21-20(23-7-9-28-19(13-23)15-6-5-8-27-15)22-12-14-10-17(25-3)18(26-4)11-16(14)24-2/h10-11,15,19H,5-9,12-13H2,1-4H3,(H,21,22). The fraction of sp³-hybridized carbons (Fsp3) is 0.650. The summed E-state index contributed by atoms with van der Waals surface area (Å²) in [5.74, 6) is 2.88. The van der Waals surface area contributed by atoms with Crippen LogP contribution in [-0.4, -0.2) is 77.7 Å². The fourth-order valence-electron chi connectivity index (χ4n) is 3.73. The van der Waals surface area contributed by atoms with Crippen LogP contribution in [0.2, 0.25) is 0 Å². The van der Waals surface area contributed by atoms with E-state index in [1.807, 2.05) is 12.1 Å². The Kier molecular flexibility index (Phi) is 7.22. The van der Waals surface area contributed by atoms with Crippen LogP contribution >= 0.6 is 0 Å². The number of nitrogens with zero attached hydrogens (tertiary/aromatic N) is 2. The Hall–Kier alpha value is -2.19. The summed E-state index contributed by atoms with van der Waals surface area (Å²) >= 11 is 0. The summed E-state index contributed by atoms with van der Waals surface area (Å²) in [4.78, 5) is 6.68. The Morgan fingerprint density at radius 2 is 1.79 bits per heavy atom. The van der Waals surface area contributed by atoms with Gasteiger partial charge in [-0.25, -0.2) is 0 Å². The molecular weight excluding hydrogens is 362 g/mol. The molecule has 1 aromatic carbocycles. The number of ether oxygens (including phenoxy) is 5. The zero-order valence-electron chi connectivity index (χ0n) is 17.2. The molecule has 2 aliphatic heterocycles. The SMILES string of the molecule is CN=C(NCc1cc(OC)c(OC)cc1OC)N1CCOC(C2CCCO2)C1. The third kappa shape index (κ3) is 4.62. The van der Waals surface area contributed by atoms with E-state index in [0.717, 1.165) is 49.8 Å². The number of hydrogen-bond acceptors (Lipinski definition) is 6. The molecule has 2 unspecified atom stereocenters. The van der Waals surface area contributed by atoms with Crippen molar-refractivity contribution in [1.29, 1.82) is 0 Å². The van der Waals surface area contributed by atoms with Crippen molar-refractivity contribution in [1.82, 2.24) is 10.2 Å². The first-order chi connectivity index (χ1) is 13.7. The van der Waals surface area contributed by atoms with Gasteiger partial charge >= 0.3 is 0 Å². The molecule has 0 radical (unpaired) electrons. The molecule has 0 bridgehead atoms. The maximum absolute atomic E-state index is 5.94. The van der Waals surface area contributed by atoms with Crippen molar-refractivity contribution >= 4 is 5.96 Å². The molecule has 2 heterocycles. The molecule has 0 saturated carbocycles. The number of nitrogens with one attached hydrogen (secondary N) is 1. The van der Waals surface area contributed by atoms with E-state index in [9.17, 15) is 0 Å². The topological polar surface area (TPSA) is 73.8 Å². The molecule has 2 saturated heterocycles. The van der Waals surface area contributed by atoms with E-state index in [-0.39, 0.29) is 12.2 Å². The number of guanidine groups is 1. The third-order valence-corrected chi connectivity index (χ3v) is 5.21. The van der Waals surface area contributed by atoms with Crippen molar-refractivity contribution in [2.24, 2.45) is 4.99 Å². The van der Waals surface area contributed by atoms with Crippen LogP contribution in [-0.2, 0) is 16.0 Å². The lowest BCUT2D eigenvalue weighted by Gasteiger charge is -2.37. The van der Waals surface area contributed by atoms with E-state index >= 15 is 0 Å². The summed E-state index contributed by atoms with van der Waals surface area (Å²) in [7, 11) is 6.68. The highest BCUT2D eigenvalue weighted by Gasteiger charge is 2.32. The minimum atomic E-state index is 0.0883. The van der Waals surface area contributed by atoms with Gasteiger partial charge in [0, 0.05) is 44.9 Å². The summed E-state index contributed by atoms with van der Waals surface area (Å²) in [6.07, 6.45) is 2.45. The van der Waals surface area contributed by atoms with Crippen molar-refractivity contribution in [2.75, 3.05) is 54.7 Å². The first-order valence-corrected chi connectivity index (χ1v) is 9.67. The molecule has 8 heteroatoms. The van der Waals surface area contributed by atoms with E-state index < -0.39 is 0 Å². The predicted molar refractivity (Wildman–Crippen MR) is 107 cm³/mol. The van der Waals surface area contributed by atoms with E-state index in [2.05, 4.69) is 15.2 Å². The molecule has 8 nitrogen and oxygen atoms in total. The lowest BCUT2D eigenvalue weighted by atomic mass is 10.1.